The van der Waals surface area contributed by atoms with Crippen LogP contribution < -0.4 is 0 Å². The molecule has 0 spiro atoms. The number of aliphatic hydroxyl groups is 6. The first-order chi connectivity index (χ1) is 9.99. The summed E-state index contributed by atoms with van der Waals surface area (Å²) < 4.78 is 15.6. The predicted octanol–water partition coefficient (Wildman–Crippen LogP) is -3.56. The minimum atomic E-state index is -1.58. The van der Waals surface area contributed by atoms with Crippen LogP contribution in [0, 0.1) is 0 Å². The van der Waals surface area contributed by atoms with Crippen LogP contribution in [0.1, 0.15) is 0 Å². The molecule has 1 fully saturated rings. The zero-order valence-electron chi connectivity index (χ0n) is 11.1. The summed E-state index contributed by atoms with van der Waals surface area (Å²) in [5.74, 6) is 0. The third kappa shape index (κ3) is 3.35. The van der Waals surface area contributed by atoms with Gasteiger partial charge in [-0.15, -0.1) is 0 Å². The quantitative estimate of drug-likeness (QED) is 0.310. The van der Waals surface area contributed by atoms with Crippen molar-refractivity contribution in [1.82, 2.24) is 0 Å². The highest BCUT2D eigenvalue weighted by Gasteiger charge is 2.46. The molecule has 0 aliphatic carbocycles. The highest BCUT2D eigenvalue weighted by molar-refractivity contribution is 4.99. The number of hydrogen-bond acceptors (Lipinski definition) is 9. The fraction of sp³-hybridized carbons (Fsp3) is 0.833. The minimum absolute atomic E-state index is 0.441. The van der Waals surface area contributed by atoms with Crippen LogP contribution in [0.15, 0.2) is 12.3 Å². The molecule has 21 heavy (non-hydrogen) atoms. The fourth-order valence-electron chi connectivity index (χ4n) is 2.28. The van der Waals surface area contributed by atoms with Crippen molar-refractivity contribution in [2.24, 2.45) is 0 Å². The molecule has 0 radical (unpaired) electrons. The van der Waals surface area contributed by atoms with Gasteiger partial charge in [-0.3, -0.25) is 0 Å². The Labute approximate surface area is 120 Å². The van der Waals surface area contributed by atoms with E-state index in [1.807, 2.05) is 0 Å². The lowest BCUT2D eigenvalue weighted by molar-refractivity contribution is -0.324. The summed E-state index contributed by atoms with van der Waals surface area (Å²) in [5, 5.41) is 57.3. The van der Waals surface area contributed by atoms with Crippen molar-refractivity contribution in [3.63, 3.8) is 0 Å². The van der Waals surface area contributed by atoms with Gasteiger partial charge >= 0.3 is 0 Å². The summed E-state index contributed by atoms with van der Waals surface area (Å²) in [5.41, 5.74) is 0. The molecule has 1 saturated heterocycles. The molecule has 0 aromatic heterocycles. The molecule has 0 saturated carbocycles. The average molecular weight is 308 g/mol. The van der Waals surface area contributed by atoms with Crippen LogP contribution >= 0.6 is 0 Å². The van der Waals surface area contributed by atoms with Gasteiger partial charge in [0.2, 0.25) is 0 Å². The van der Waals surface area contributed by atoms with Crippen molar-refractivity contribution in [3.8, 4) is 0 Å². The molecule has 122 valence electrons. The predicted molar refractivity (Wildman–Crippen MR) is 65.7 cm³/mol. The first-order valence-corrected chi connectivity index (χ1v) is 6.56. The summed E-state index contributed by atoms with van der Waals surface area (Å²) in [6.07, 6.45) is -7.68. The lowest BCUT2D eigenvalue weighted by atomic mass is 9.99. The van der Waals surface area contributed by atoms with E-state index >= 15 is 0 Å². The molecule has 9 nitrogen and oxygen atoms in total. The summed E-state index contributed by atoms with van der Waals surface area (Å²) in [6.45, 7) is -1.03. The van der Waals surface area contributed by atoms with E-state index in [9.17, 15) is 25.5 Å². The molecule has 0 amide bonds. The molecule has 9 heteroatoms. The molecule has 0 aromatic carbocycles. The van der Waals surface area contributed by atoms with E-state index in [1.54, 1.807) is 0 Å². The Morgan fingerprint density at radius 2 is 1.57 bits per heavy atom. The third-order valence-electron chi connectivity index (χ3n) is 3.55. The number of rotatable bonds is 4. The zero-order valence-corrected chi connectivity index (χ0v) is 11.1. The van der Waals surface area contributed by atoms with Crippen molar-refractivity contribution in [1.29, 1.82) is 0 Å². The van der Waals surface area contributed by atoms with Gasteiger partial charge in [-0.1, -0.05) is 0 Å². The van der Waals surface area contributed by atoms with Gasteiger partial charge in [-0.2, -0.15) is 0 Å². The normalized spacial score (nSPS) is 47.1. The Balaban J connectivity index is 2.08. The average Bonchev–Trinajstić information content (AvgIpc) is 2.49. The van der Waals surface area contributed by atoms with Crippen molar-refractivity contribution in [2.45, 2.75) is 49.0 Å². The van der Waals surface area contributed by atoms with E-state index in [-0.39, 0.29) is 0 Å². The molecule has 2 rings (SSSR count). The smallest absolute Gasteiger partial charge is 0.187 e. The van der Waals surface area contributed by atoms with Gasteiger partial charge in [0.25, 0.3) is 0 Å². The van der Waals surface area contributed by atoms with E-state index in [0.29, 0.717) is 0 Å². The standard InChI is InChI=1S/C12H20O9/c13-3-6-8(16)9(17)10(18)12(20-6)21-11-5(15)1-2-19-7(11)4-14/h1-2,5-18H,3-4H2/t5-,6-,7-,8+,9+,10-,11+,12+/m1/s1. The molecule has 8 atom stereocenters. The van der Waals surface area contributed by atoms with Gasteiger partial charge < -0.3 is 44.8 Å². The molecular weight excluding hydrogens is 288 g/mol. The molecule has 0 unspecified atom stereocenters. The van der Waals surface area contributed by atoms with Crippen LogP contribution in [0.3, 0.4) is 0 Å². The molecular formula is C12H20O9. The van der Waals surface area contributed by atoms with Crippen LogP contribution in [0.4, 0.5) is 0 Å². The second-order valence-corrected chi connectivity index (χ2v) is 4.97. The van der Waals surface area contributed by atoms with Gasteiger partial charge in [0.15, 0.2) is 6.29 Å². The Hall–Kier alpha value is -0.780. The van der Waals surface area contributed by atoms with E-state index in [0.717, 1.165) is 0 Å². The lowest BCUT2D eigenvalue weighted by Crippen LogP contribution is -2.61. The Morgan fingerprint density at radius 3 is 2.19 bits per heavy atom. The topological polar surface area (TPSA) is 149 Å². The summed E-state index contributed by atoms with van der Waals surface area (Å²) >= 11 is 0. The summed E-state index contributed by atoms with van der Waals surface area (Å²) in [7, 11) is 0. The van der Waals surface area contributed by atoms with Crippen molar-refractivity contribution < 1.29 is 44.8 Å². The van der Waals surface area contributed by atoms with Crippen LogP contribution in [0.2, 0.25) is 0 Å². The number of aliphatic hydroxyl groups excluding tert-OH is 6. The molecule has 0 aromatic rings. The maximum absolute atomic E-state index is 9.85. The second-order valence-electron chi connectivity index (χ2n) is 4.97. The summed E-state index contributed by atoms with van der Waals surface area (Å²) in [6, 6.07) is 0. The van der Waals surface area contributed by atoms with Gasteiger partial charge in [-0.25, -0.2) is 0 Å². The lowest BCUT2D eigenvalue weighted by Gasteiger charge is -2.42. The zero-order chi connectivity index (χ0) is 15.6. The molecule has 6 N–H and O–H groups in total. The van der Waals surface area contributed by atoms with Gasteiger partial charge in [0.1, 0.15) is 42.7 Å². The van der Waals surface area contributed by atoms with Gasteiger partial charge in [0.05, 0.1) is 19.5 Å². The molecule has 0 bridgehead atoms. The van der Waals surface area contributed by atoms with E-state index in [2.05, 4.69) is 0 Å². The number of hydrogen-bond donors (Lipinski definition) is 6. The molecule has 2 aliphatic heterocycles. The SMILES string of the molecule is OC[C@H]1O[C@@H](O[C@H]2[C@H](O)C=CO[C@@H]2CO)[C@H](O)[C@@H](O)[C@H]1O. The van der Waals surface area contributed by atoms with Gasteiger partial charge in [-0.05, 0) is 6.08 Å². The largest absolute Gasteiger partial charge is 0.493 e. The van der Waals surface area contributed by atoms with E-state index < -0.39 is 62.2 Å². The van der Waals surface area contributed by atoms with Gasteiger partial charge in [0, 0.05) is 0 Å². The highest BCUT2D eigenvalue weighted by atomic mass is 16.7. The Kier molecular flexibility index (Phi) is 5.52. The van der Waals surface area contributed by atoms with Crippen LogP contribution in [-0.2, 0) is 14.2 Å². The highest BCUT2D eigenvalue weighted by Crippen LogP contribution is 2.26. The molecule has 2 aliphatic rings. The van der Waals surface area contributed by atoms with Crippen molar-refractivity contribution in [2.75, 3.05) is 13.2 Å². The fourth-order valence-corrected chi connectivity index (χ4v) is 2.28. The Bertz CT molecular complexity index is 361. The van der Waals surface area contributed by atoms with Crippen LogP contribution in [0.5, 0.6) is 0 Å². The minimum Gasteiger partial charge on any atom is -0.493 e. The third-order valence-corrected chi connectivity index (χ3v) is 3.55. The maximum Gasteiger partial charge on any atom is 0.187 e. The Morgan fingerprint density at radius 1 is 0.905 bits per heavy atom. The van der Waals surface area contributed by atoms with E-state index in [1.165, 1.54) is 12.3 Å². The maximum atomic E-state index is 9.85. The van der Waals surface area contributed by atoms with E-state index in [4.69, 9.17) is 19.3 Å². The summed E-state index contributed by atoms with van der Waals surface area (Å²) in [4.78, 5) is 0. The second kappa shape index (κ2) is 6.99. The van der Waals surface area contributed by atoms with Crippen LogP contribution in [0.25, 0.3) is 0 Å². The van der Waals surface area contributed by atoms with Crippen LogP contribution in [-0.4, -0.2) is 92.9 Å². The number of ether oxygens (including phenoxy) is 3. The van der Waals surface area contributed by atoms with Crippen molar-refractivity contribution >= 4 is 0 Å². The molecule has 2 heterocycles. The first-order valence-electron chi connectivity index (χ1n) is 6.56. The van der Waals surface area contributed by atoms with Crippen molar-refractivity contribution in [3.05, 3.63) is 12.3 Å². The monoisotopic (exact) mass is 308 g/mol. The first kappa shape index (κ1) is 16.6.